The van der Waals surface area contributed by atoms with Gasteiger partial charge in [-0.15, -0.1) is 0 Å². The van der Waals surface area contributed by atoms with E-state index < -0.39 is 0 Å². The number of carbonyl (C=O) groups excluding carboxylic acids is 1. The van der Waals surface area contributed by atoms with Crippen LogP contribution in [0.25, 0.3) is 11.0 Å². The number of benzene rings is 2. The van der Waals surface area contributed by atoms with Crippen molar-refractivity contribution in [3.63, 3.8) is 0 Å². The van der Waals surface area contributed by atoms with Gasteiger partial charge in [-0.3, -0.25) is 14.3 Å². The van der Waals surface area contributed by atoms with Crippen LogP contribution in [-0.4, -0.2) is 64.6 Å². The molecule has 2 aliphatic rings. The average Bonchev–Trinajstić information content (AvgIpc) is 3.31. The van der Waals surface area contributed by atoms with Crippen molar-refractivity contribution < 1.29 is 9.53 Å². The fourth-order valence-electron chi connectivity index (χ4n) is 6.65. The minimum Gasteiger partial charge on any atom is -0.492 e. The lowest BCUT2D eigenvalue weighted by atomic mass is 9.78. The molecule has 3 aromatic rings. The highest BCUT2D eigenvalue weighted by atomic mass is 16.5. The van der Waals surface area contributed by atoms with E-state index in [1.54, 1.807) is 0 Å². The first-order valence-corrected chi connectivity index (χ1v) is 15.0. The highest BCUT2D eigenvalue weighted by molar-refractivity contribution is 5.78. The SMILES string of the molecule is CCN(CC)C(=O)[C@H]1CC[C@@H](Cc2ccccc2OCCN2CCC(n3c(=O)[nH]c4ccccc43)CC2)CC1. The number of fused-ring (bicyclic) bond motifs is 1. The monoisotopic (exact) mass is 532 g/mol. The van der Waals surface area contributed by atoms with Crippen LogP contribution < -0.4 is 10.4 Å². The zero-order valence-electron chi connectivity index (χ0n) is 23.6. The zero-order chi connectivity index (χ0) is 27.2. The van der Waals surface area contributed by atoms with Crippen LogP contribution in [0.5, 0.6) is 5.75 Å². The molecule has 0 unspecified atom stereocenters. The quantitative estimate of drug-likeness (QED) is 0.387. The second-order valence-electron chi connectivity index (χ2n) is 11.3. The average molecular weight is 533 g/mol. The summed E-state index contributed by atoms with van der Waals surface area (Å²) in [4.78, 5) is 32.8. The standard InChI is InChI=1S/C32H44N4O3/c1-3-35(4-2)31(37)25-15-13-24(14-16-25)23-26-9-5-8-12-30(26)39-22-21-34-19-17-27(18-20-34)36-29-11-7-6-10-28(29)33-32(36)38/h5-12,24-25,27H,3-4,13-23H2,1-2H3,(H,33,38)/t24-,25+. The summed E-state index contributed by atoms with van der Waals surface area (Å²) in [6, 6.07) is 16.7. The number of nitrogens with zero attached hydrogens (tertiary/aromatic N) is 3. The summed E-state index contributed by atoms with van der Waals surface area (Å²) in [7, 11) is 0. The highest BCUT2D eigenvalue weighted by Crippen LogP contribution is 2.34. The van der Waals surface area contributed by atoms with Crippen LogP contribution in [0.1, 0.15) is 64.0 Å². The lowest BCUT2D eigenvalue weighted by molar-refractivity contribution is -0.136. The van der Waals surface area contributed by atoms with E-state index in [0.29, 0.717) is 18.4 Å². The predicted molar refractivity (Wildman–Crippen MR) is 156 cm³/mol. The van der Waals surface area contributed by atoms with Crippen molar-refractivity contribution in [1.82, 2.24) is 19.4 Å². The highest BCUT2D eigenvalue weighted by Gasteiger charge is 2.29. The molecule has 1 saturated heterocycles. The molecule has 7 nitrogen and oxygen atoms in total. The van der Waals surface area contributed by atoms with E-state index in [4.69, 9.17) is 4.74 Å². The Morgan fingerprint density at radius 3 is 2.38 bits per heavy atom. The van der Waals surface area contributed by atoms with Crippen LogP contribution in [-0.2, 0) is 11.2 Å². The molecule has 2 aromatic carbocycles. The van der Waals surface area contributed by atoms with Crippen LogP contribution in [0, 0.1) is 11.8 Å². The van der Waals surface area contributed by atoms with Crippen molar-refractivity contribution in [1.29, 1.82) is 0 Å². The topological polar surface area (TPSA) is 70.6 Å². The molecule has 210 valence electrons. The van der Waals surface area contributed by atoms with Crippen molar-refractivity contribution in [3.05, 3.63) is 64.6 Å². The Morgan fingerprint density at radius 1 is 0.949 bits per heavy atom. The molecule has 0 radical (unpaired) electrons. The van der Waals surface area contributed by atoms with Gasteiger partial charge in [0.05, 0.1) is 11.0 Å². The Bertz CT molecular complexity index is 1280. The van der Waals surface area contributed by atoms with Crippen molar-refractivity contribution in [2.45, 2.75) is 64.8 Å². The zero-order valence-corrected chi connectivity index (χ0v) is 23.6. The lowest BCUT2D eigenvalue weighted by Gasteiger charge is -2.32. The van der Waals surface area contributed by atoms with Gasteiger partial charge in [0, 0.05) is 44.7 Å². The third kappa shape index (κ3) is 6.40. The maximum atomic E-state index is 12.8. The molecule has 0 spiro atoms. The number of carbonyl (C=O) groups is 1. The van der Waals surface area contributed by atoms with Gasteiger partial charge in [0.25, 0.3) is 0 Å². The van der Waals surface area contributed by atoms with E-state index >= 15 is 0 Å². The Morgan fingerprint density at radius 2 is 1.64 bits per heavy atom. The minimum atomic E-state index is -0.00133. The van der Waals surface area contributed by atoms with Crippen LogP contribution in [0.4, 0.5) is 0 Å². The van der Waals surface area contributed by atoms with Gasteiger partial charge in [-0.05, 0) is 88.5 Å². The van der Waals surface area contributed by atoms with E-state index in [0.717, 1.165) is 94.5 Å². The molecule has 1 saturated carbocycles. The summed E-state index contributed by atoms with van der Waals surface area (Å²) in [6.45, 7) is 9.25. The molecule has 7 heteroatoms. The first-order chi connectivity index (χ1) is 19.1. The number of aromatic nitrogens is 2. The third-order valence-corrected chi connectivity index (χ3v) is 8.96. The van der Waals surface area contributed by atoms with Crippen molar-refractivity contribution >= 4 is 16.9 Å². The number of amides is 1. The fourth-order valence-corrected chi connectivity index (χ4v) is 6.65. The maximum Gasteiger partial charge on any atom is 0.326 e. The molecule has 5 rings (SSSR count). The van der Waals surface area contributed by atoms with Gasteiger partial charge < -0.3 is 14.6 Å². The normalized spacial score (nSPS) is 20.8. The number of aromatic amines is 1. The molecule has 39 heavy (non-hydrogen) atoms. The number of H-pyrrole nitrogens is 1. The number of hydrogen-bond acceptors (Lipinski definition) is 4. The van der Waals surface area contributed by atoms with Crippen molar-refractivity contribution in [3.8, 4) is 5.75 Å². The molecule has 0 atom stereocenters. The van der Waals surface area contributed by atoms with Crippen LogP contribution in [0.2, 0.25) is 0 Å². The van der Waals surface area contributed by atoms with Crippen LogP contribution >= 0.6 is 0 Å². The van der Waals surface area contributed by atoms with E-state index in [1.807, 2.05) is 33.7 Å². The van der Waals surface area contributed by atoms with Gasteiger partial charge in [0.15, 0.2) is 0 Å². The number of nitrogens with one attached hydrogen (secondary N) is 1. The molecule has 1 aliphatic carbocycles. The van der Waals surface area contributed by atoms with Crippen LogP contribution in [0.3, 0.4) is 0 Å². The van der Waals surface area contributed by atoms with E-state index in [2.05, 4.69) is 48.0 Å². The molecule has 1 aromatic heterocycles. The van der Waals surface area contributed by atoms with Crippen molar-refractivity contribution in [2.75, 3.05) is 39.3 Å². The Balaban J connectivity index is 1.08. The summed E-state index contributed by atoms with van der Waals surface area (Å²) in [5.41, 5.74) is 3.20. The maximum absolute atomic E-state index is 12.8. The Kier molecular flexibility index (Phi) is 9.07. The number of imidazole rings is 1. The molecule has 2 heterocycles. The van der Waals surface area contributed by atoms with E-state index in [1.165, 1.54) is 5.56 Å². The van der Waals surface area contributed by atoms with Gasteiger partial charge in [-0.2, -0.15) is 0 Å². The second kappa shape index (κ2) is 12.9. The summed E-state index contributed by atoms with van der Waals surface area (Å²) in [5, 5.41) is 0. The number of para-hydroxylation sites is 3. The minimum absolute atomic E-state index is 0.00133. The number of piperidine rings is 1. The first-order valence-electron chi connectivity index (χ1n) is 15.0. The third-order valence-electron chi connectivity index (χ3n) is 8.96. The predicted octanol–water partition coefficient (Wildman–Crippen LogP) is 5.26. The fraction of sp³-hybridized carbons (Fsp3) is 0.562. The second-order valence-corrected chi connectivity index (χ2v) is 11.3. The Hall–Kier alpha value is -3.06. The summed E-state index contributed by atoms with van der Waals surface area (Å²) >= 11 is 0. The van der Waals surface area contributed by atoms with Gasteiger partial charge >= 0.3 is 5.69 Å². The molecule has 2 fully saturated rings. The first kappa shape index (κ1) is 27.5. The van der Waals surface area contributed by atoms with E-state index in [-0.39, 0.29) is 17.6 Å². The number of ether oxygens (including phenoxy) is 1. The van der Waals surface area contributed by atoms with Gasteiger partial charge in [-0.1, -0.05) is 30.3 Å². The molecular weight excluding hydrogens is 488 g/mol. The summed E-state index contributed by atoms with van der Waals surface area (Å²) in [5.74, 6) is 2.16. The Labute approximate surface area is 232 Å². The number of likely N-dealkylation sites (tertiary alicyclic amines) is 1. The van der Waals surface area contributed by atoms with Gasteiger partial charge in [0.2, 0.25) is 5.91 Å². The largest absolute Gasteiger partial charge is 0.492 e. The molecule has 1 aliphatic heterocycles. The lowest BCUT2D eigenvalue weighted by Crippen LogP contribution is -2.39. The number of hydrogen-bond donors (Lipinski definition) is 1. The smallest absolute Gasteiger partial charge is 0.326 e. The summed E-state index contributed by atoms with van der Waals surface area (Å²) < 4.78 is 8.27. The van der Waals surface area contributed by atoms with Crippen LogP contribution in [0.15, 0.2) is 53.3 Å². The molecular formula is C32H44N4O3. The molecule has 0 bridgehead atoms. The van der Waals surface area contributed by atoms with Gasteiger partial charge in [0.1, 0.15) is 12.4 Å². The molecule has 1 N–H and O–H groups in total. The van der Waals surface area contributed by atoms with E-state index in [9.17, 15) is 9.59 Å². The van der Waals surface area contributed by atoms with Crippen molar-refractivity contribution in [2.24, 2.45) is 11.8 Å². The summed E-state index contributed by atoms with van der Waals surface area (Å²) in [6.07, 6.45) is 7.19. The van der Waals surface area contributed by atoms with Gasteiger partial charge in [-0.25, -0.2) is 4.79 Å². The molecule has 1 amide bonds. The number of rotatable bonds is 10.